The second-order valence-electron chi connectivity index (χ2n) is 8.02. The summed E-state index contributed by atoms with van der Waals surface area (Å²) in [6.07, 6.45) is 3.43. The van der Waals surface area contributed by atoms with Gasteiger partial charge in [0.25, 0.3) is 0 Å². The Balaban J connectivity index is 2.50. The first-order valence-electron chi connectivity index (χ1n) is 10.2. The predicted octanol–water partition coefficient (Wildman–Crippen LogP) is 6.17. The van der Waals surface area contributed by atoms with E-state index in [1.807, 2.05) is 6.92 Å². The molecule has 158 valence electrons. The minimum absolute atomic E-state index is 0.00371. The molecule has 0 N–H and O–H groups in total. The first-order chi connectivity index (χ1) is 13.7. The lowest BCUT2D eigenvalue weighted by Gasteiger charge is -2.12. The number of aromatic nitrogens is 1. The van der Waals surface area contributed by atoms with Crippen molar-refractivity contribution in [2.75, 3.05) is 6.61 Å². The fourth-order valence-corrected chi connectivity index (χ4v) is 3.82. The van der Waals surface area contributed by atoms with Crippen LogP contribution in [0.15, 0.2) is 18.2 Å². The van der Waals surface area contributed by atoms with E-state index in [-0.39, 0.29) is 35.5 Å². The molecule has 0 amide bonds. The molecule has 1 aromatic heterocycles. The van der Waals surface area contributed by atoms with E-state index in [2.05, 4.69) is 13.8 Å². The molecule has 0 saturated carbocycles. The molecular formula is C23H30ClNO4. The zero-order valence-corrected chi connectivity index (χ0v) is 18.6. The molecular weight excluding hydrogens is 390 g/mol. The van der Waals surface area contributed by atoms with Crippen molar-refractivity contribution in [1.29, 1.82) is 0 Å². The van der Waals surface area contributed by atoms with Crippen LogP contribution in [0.2, 0.25) is 5.02 Å². The van der Waals surface area contributed by atoms with E-state index in [0.717, 1.165) is 19.3 Å². The van der Waals surface area contributed by atoms with Gasteiger partial charge in [0.1, 0.15) is 5.69 Å². The maximum atomic E-state index is 13.3. The highest BCUT2D eigenvalue weighted by atomic mass is 35.5. The van der Waals surface area contributed by atoms with Crippen molar-refractivity contribution in [2.45, 2.75) is 60.3 Å². The largest absolute Gasteiger partial charge is 0.461 e. The first kappa shape index (κ1) is 23.1. The summed E-state index contributed by atoms with van der Waals surface area (Å²) in [5, 5.41) is 0.973. The number of ketones is 1. The van der Waals surface area contributed by atoms with Crippen molar-refractivity contribution < 1.29 is 19.1 Å². The van der Waals surface area contributed by atoms with E-state index in [0.29, 0.717) is 28.3 Å². The maximum Gasteiger partial charge on any atom is 0.356 e. The predicted molar refractivity (Wildman–Crippen MR) is 116 cm³/mol. The minimum Gasteiger partial charge on any atom is -0.461 e. The van der Waals surface area contributed by atoms with Crippen LogP contribution in [0.25, 0.3) is 10.9 Å². The molecule has 1 heterocycles. The molecule has 0 spiro atoms. The Bertz CT molecular complexity index is 913. The van der Waals surface area contributed by atoms with Crippen LogP contribution in [0.5, 0.6) is 0 Å². The zero-order chi connectivity index (χ0) is 21.7. The van der Waals surface area contributed by atoms with Gasteiger partial charge in [-0.05, 0) is 30.9 Å². The summed E-state index contributed by atoms with van der Waals surface area (Å²) in [4.78, 5) is 38.3. The summed E-state index contributed by atoms with van der Waals surface area (Å²) in [6, 6.07) is 4.95. The van der Waals surface area contributed by atoms with Crippen LogP contribution in [-0.4, -0.2) is 28.8 Å². The molecule has 2 rings (SSSR count). The molecule has 0 saturated heterocycles. The summed E-state index contributed by atoms with van der Waals surface area (Å²) >= 11 is 6.12. The highest BCUT2D eigenvalue weighted by Gasteiger charge is 2.30. The Morgan fingerprint density at radius 1 is 1.14 bits per heavy atom. The average Bonchev–Trinajstić information content (AvgIpc) is 2.96. The van der Waals surface area contributed by atoms with Crippen LogP contribution < -0.4 is 0 Å². The van der Waals surface area contributed by atoms with Crippen molar-refractivity contribution in [2.24, 2.45) is 11.8 Å². The molecule has 1 aromatic carbocycles. The standard InChI is InChI=1S/C23H30ClNO4/c1-6-29-23(28)22-21(20(27)12-15(4)9-7-8-14(2)3)18-11-10-17(24)13-19(18)25(22)16(5)26/h10-11,13-15H,6-9,12H2,1-5H3. The van der Waals surface area contributed by atoms with Crippen molar-refractivity contribution in [1.82, 2.24) is 4.57 Å². The Labute approximate surface area is 177 Å². The van der Waals surface area contributed by atoms with E-state index in [4.69, 9.17) is 16.3 Å². The number of carbonyl (C=O) groups is 3. The van der Waals surface area contributed by atoms with Crippen molar-refractivity contribution in [3.8, 4) is 0 Å². The van der Waals surface area contributed by atoms with Crippen LogP contribution in [0, 0.1) is 11.8 Å². The molecule has 0 aliphatic carbocycles. The number of fused-ring (bicyclic) bond motifs is 1. The van der Waals surface area contributed by atoms with Crippen molar-refractivity contribution >= 4 is 40.2 Å². The molecule has 5 nitrogen and oxygen atoms in total. The third-order valence-electron chi connectivity index (χ3n) is 5.01. The van der Waals surface area contributed by atoms with Gasteiger partial charge in [-0.3, -0.25) is 14.2 Å². The molecule has 1 atom stereocenters. The fourth-order valence-electron chi connectivity index (χ4n) is 3.66. The first-order valence-corrected chi connectivity index (χ1v) is 10.6. The SMILES string of the molecule is CCOC(=O)c1c(C(=O)CC(C)CCCC(C)C)c2ccc(Cl)cc2n1C(C)=O. The molecule has 0 radical (unpaired) electrons. The van der Waals surface area contributed by atoms with Crippen LogP contribution in [0.1, 0.15) is 85.9 Å². The third-order valence-corrected chi connectivity index (χ3v) is 5.24. The van der Waals surface area contributed by atoms with Gasteiger partial charge in [0.2, 0.25) is 5.91 Å². The molecule has 6 heteroatoms. The fraction of sp³-hybridized carbons (Fsp3) is 0.522. The van der Waals surface area contributed by atoms with Gasteiger partial charge in [-0.25, -0.2) is 4.79 Å². The molecule has 0 fully saturated rings. The van der Waals surface area contributed by atoms with Gasteiger partial charge in [-0.15, -0.1) is 0 Å². The normalized spacial score (nSPS) is 12.4. The molecule has 0 aliphatic rings. The lowest BCUT2D eigenvalue weighted by Crippen LogP contribution is -2.20. The zero-order valence-electron chi connectivity index (χ0n) is 17.9. The summed E-state index contributed by atoms with van der Waals surface area (Å²) in [5.41, 5.74) is 0.695. The number of Topliss-reactive ketones (excluding diaryl/α,β-unsaturated/α-hetero) is 1. The van der Waals surface area contributed by atoms with Gasteiger partial charge in [0, 0.05) is 23.8 Å². The summed E-state index contributed by atoms with van der Waals surface area (Å²) in [7, 11) is 0. The van der Waals surface area contributed by atoms with Crippen molar-refractivity contribution in [3.63, 3.8) is 0 Å². The Morgan fingerprint density at radius 3 is 2.41 bits per heavy atom. The Kier molecular flexibility index (Phi) is 8.03. The number of ether oxygens (including phenoxy) is 1. The van der Waals surface area contributed by atoms with Gasteiger partial charge in [0.15, 0.2) is 5.78 Å². The van der Waals surface area contributed by atoms with Gasteiger partial charge in [-0.1, -0.05) is 57.7 Å². The lowest BCUT2D eigenvalue weighted by atomic mass is 9.92. The Hall–Kier alpha value is -2.14. The number of rotatable bonds is 9. The highest BCUT2D eigenvalue weighted by Crippen LogP contribution is 2.31. The molecule has 0 bridgehead atoms. The van der Waals surface area contributed by atoms with Gasteiger partial charge in [-0.2, -0.15) is 0 Å². The number of benzene rings is 1. The highest BCUT2D eigenvalue weighted by molar-refractivity contribution is 6.31. The average molecular weight is 420 g/mol. The third kappa shape index (κ3) is 5.47. The molecule has 1 unspecified atom stereocenters. The van der Waals surface area contributed by atoms with E-state index < -0.39 is 5.97 Å². The van der Waals surface area contributed by atoms with E-state index in [9.17, 15) is 14.4 Å². The number of hydrogen-bond donors (Lipinski definition) is 0. The van der Waals surface area contributed by atoms with Crippen LogP contribution >= 0.6 is 11.6 Å². The minimum atomic E-state index is -0.675. The van der Waals surface area contributed by atoms with E-state index >= 15 is 0 Å². The van der Waals surface area contributed by atoms with Gasteiger partial charge in [0.05, 0.1) is 17.7 Å². The summed E-state index contributed by atoms with van der Waals surface area (Å²) < 4.78 is 6.41. The molecule has 29 heavy (non-hydrogen) atoms. The van der Waals surface area contributed by atoms with Crippen LogP contribution in [0.4, 0.5) is 0 Å². The van der Waals surface area contributed by atoms with Gasteiger partial charge >= 0.3 is 5.97 Å². The van der Waals surface area contributed by atoms with Crippen molar-refractivity contribution in [3.05, 3.63) is 34.5 Å². The summed E-state index contributed by atoms with van der Waals surface area (Å²) in [6.45, 7) is 9.60. The van der Waals surface area contributed by atoms with E-state index in [1.54, 1.807) is 25.1 Å². The number of halogens is 1. The summed E-state index contributed by atoms with van der Waals surface area (Å²) in [5.74, 6) is -0.390. The smallest absolute Gasteiger partial charge is 0.356 e. The maximum absolute atomic E-state index is 13.3. The topological polar surface area (TPSA) is 65.4 Å². The number of carbonyl (C=O) groups excluding carboxylic acids is 3. The van der Waals surface area contributed by atoms with E-state index in [1.165, 1.54) is 11.5 Å². The van der Waals surface area contributed by atoms with Crippen LogP contribution in [-0.2, 0) is 4.74 Å². The number of esters is 1. The monoisotopic (exact) mass is 419 g/mol. The van der Waals surface area contributed by atoms with Gasteiger partial charge < -0.3 is 4.74 Å². The van der Waals surface area contributed by atoms with Crippen LogP contribution in [0.3, 0.4) is 0 Å². The number of nitrogens with zero attached hydrogens (tertiary/aromatic N) is 1. The number of hydrogen-bond acceptors (Lipinski definition) is 4. The molecule has 2 aromatic rings. The lowest BCUT2D eigenvalue weighted by molar-refractivity contribution is 0.0506. The Morgan fingerprint density at radius 2 is 1.83 bits per heavy atom. The second kappa shape index (κ2) is 10.1. The second-order valence-corrected chi connectivity index (χ2v) is 8.45. The molecule has 0 aliphatic heterocycles. The quantitative estimate of drug-likeness (QED) is 0.360.